The first-order valence-electron chi connectivity index (χ1n) is 9.26. The van der Waals surface area contributed by atoms with Crippen molar-refractivity contribution in [3.8, 4) is 5.69 Å². The van der Waals surface area contributed by atoms with Crippen molar-refractivity contribution in [3.63, 3.8) is 0 Å². The molecular formula is C20H23N5O2S2. The van der Waals surface area contributed by atoms with Crippen LogP contribution in [0.25, 0.3) is 5.69 Å². The number of benzene rings is 1. The third-order valence-electron chi connectivity index (χ3n) is 4.21. The van der Waals surface area contributed by atoms with Gasteiger partial charge in [-0.3, -0.25) is 9.59 Å². The van der Waals surface area contributed by atoms with E-state index in [2.05, 4.69) is 27.0 Å². The number of thioether (sulfide) groups is 1. The Hall–Kier alpha value is -2.65. The Balaban J connectivity index is 1.75. The van der Waals surface area contributed by atoms with Crippen molar-refractivity contribution in [2.45, 2.75) is 19.1 Å². The minimum Gasteiger partial charge on any atom is -0.352 e. The quantitative estimate of drug-likeness (QED) is 0.546. The SMILES string of the molecule is CCNC(=O)c1ccc(-n2nnc(C(=O)NCCc3cccs3)c2CSC)cc1. The number of aromatic nitrogens is 3. The standard InChI is InChI=1S/C20H23N5O2S2/c1-3-21-19(26)14-6-8-15(9-7-14)25-17(13-28-2)18(23-24-25)20(27)22-11-10-16-5-4-12-29-16/h4-9,12H,3,10-11,13H2,1-2H3,(H,21,26)(H,22,27). The van der Waals surface area contributed by atoms with Crippen LogP contribution >= 0.6 is 23.1 Å². The second-order valence-electron chi connectivity index (χ2n) is 6.22. The fourth-order valence-electron chi connectivity index (χ4n) is 2.81. The summed E-state index contributed by atoms with van der Waals surface area (Å²) in [4.78, 5) is 25.8. The fraction of sp³-hybridized carbons (Fsp3) is 0.300. The van der Waals surface area contributed by atoms with Crippen molar-refractivity contribution in [2.75, 3.05) is 19.3 Å². The summed E-state index contributed by atoms with van der Waals surface area (Å²) in [7, 11) is 0. The smallest absolute Gasteiger partial charge is 0.273 e. The maximum absolute atomic E-state index is 12.6. The molecule has 7 nitrogen and oxygen atoms in total. The highest BCUT2D eigenvalue weighted by atomic mass is 32.2. The van der Waals surface area contributed by atoms with E-state index in [0.29, 0.717) is 30.1 Å². The molecule has 0 aliphatic heterocycles. The predicted molar refractivity (Wildman–Crippen MR) is 117 cm³/mol. The van der Waals surface area contributed by atoms with Gasteiger partial charge >= 0.3 is 0 Å². The highest BCUT2D eigenvalue weighted by Gasteiger charge is 2.20. The van der Waals surface area contributed by atoms with E-state index in [1.54, 1.807) is 39.9 Å². The molecule has 9 heteroatoms. The van der Waals surface area contributed by atoms with E-state index in [1.807, 2.05) is 36.8 Å². The van der Waals surface area contributed by atoms with Gasteiger partial charge in [0, 0.05) is 29.3 Å². The van der Waals surface area contributed by atoms with Gasteiger partial charge in [-0.05, 0) is 55.3 Å². The molecule has 0 spiro atoms. The zero-order valence-corrected chi connectivity index (χ0v) is 18.0. The zero-order chi connectivity index (χ0) is 20.6. The third kappa shape index (κ3) is 5.24. The highest BCUT2D eigenvalue weighted by Crippen LogP contribution is 2.18. The maximum atomic E-state index is 12.6. The summed E-state index contributed by atoms with van der Waals surface area (Å²) < 4.78 is 1.66. The Kier molecular flexibility index (Phi) is 7.42. The van der Waals surface area contributed by atoms with Crippen LogP contribution in [0.5, 0.6) is 0 Å². The van der Waals surface area contributed by atoms with Crippen LogP contribution < -0.4 is 10.6 Å². The lowest BCUT2D eigenvalue weighted by Crippen LogP contribution is -2.27. The lowest BCUT2D eigenvalue weighted by molar-refractivity contribution is 0.0943. The Labute approximate surface area is 177 Å². The van der Waals surface area contributed by atoms with Crippen molar-refractivity contribution < 1.29 is 9.59 Å². The number of hydrogen-bond acceptors (Lipinski definition) is 6. The molecule has 0 bridgehead atoms. The molecule has 0 unspecified atom stereocenters. The molecule has 0 aliphatic rings. The number of nitrogens with one attached hydrogen (secondary N) is 2. The molecule has 2 heterocycles. The van der Waals surface area contributed by atoms with Gasteiger partial charge in [0.05, 0.1) is 11.4 Å². The topological polar surface area (TPSA) is 88.9 Å². The minimum atomic E-state index is -0.226. The molecule has 3 aromatic rings. The van der Waals surface area contributed by atoms with Crippen LogP contribution in [0.2, 0.25) is 0 Å². The summed E-state index contributed by atoms with van der Waals surface area (Å²) in [6, 6.07) is 11.2. The molecular weight excluding hydrogens is 406 g/mol. The van der Waals surface area contributed by atoms with Gasteiger partial charge in [0.1, 0.15) is 0 Å². The van der Waals surface area contributed by atoms with E-state index in [1.165, 1.54) is 4.88 Å². The molecule has 0 atom stereocenters. The summed E-state index contributed by atoms with van der Waals surface area (Å²) in [5, 5.41) is 16.0. The van der Waals surface area contributed by atoms with Gasteiger partial charge in [-0.2, -0.15) is 11.8 Å². The van der Waals surface area contributed by atoms with Crippen LogP contribution in [0.15, 0.2) is 41.8 Å². The Bertz CT molecular complexity index is 952. The second kappa shape index (κ2) is 10.2. The van der Waals surface area contributed by atoms with Crippen LogP contribution in [-0.4, -0.2) is 46.2 Å². The largest absolute Gasteiger partial charge is 0.352 e. The van der Waals surface area contributed by atoms with Crippen molar-refractivity contribution in [2.24, 2.45) is 0 Å². The number of carbonyl (C=O) groups is 2. The number of thiophene rings is 1. The zero-order valence-electron chi connectivity index (χ0n) is 16.3. The monoisotopic (exact) mass is 429 g/mol. The van der Waals surface area contributed by atoms with Gasteiger partial charge in [-0.25, -0.2) is 4.68 Å². The number of rotatable bonds is 9. The minimum absolute atomic E-state index is 0.118. The molecule has 2 aromatic heterocycles. The molecule has 2 amide bonds. The second-order valence-corrected chi connectivity index (χ2v) is 8.12. The van der Waals surface area contributed by atoms with Crippen molar-refractivity contribution >= 4 is 34.9 Å². The van der Waals surface area contributed by atoms with E-state index in [9.17, 15) is 9.59 Å². The van der Waals surface area contributed by atoms with E-state index < -0.39 is 0 Å². The molecule has 0 saturated heterocycles. The van der Waals surface area contributed by atoms with Gasteiger partial charge in [0.15, 0.2) is 5.69 Å². The van der Waals surface area contributed by atoms with E-state index in [0.717, 1.165) is 17.8 Å². The third-order valence-corrected chi connectivity index (χ3v) is 5.71. The van der Waals surface area contributed by atoms with Crippen LogP contribution in [0, 0.1) is 0 Å². The van der Waals surface area contributed by atoms with Gasteiger partial charge in [-0.1, -0.05) is 11.3 Å². The molecule has 152 valence electrons. The summed E-state index contributed by atoms with van der Waals surface area (Å²) in [6.45, 7) is 3.00. The normalized spacial score (nSPS) is 10.7. The van der Waals surface area contributed by atoms with Gasteiger partial charge < -0.3 is 10.6 Å². The first-order valence-corrected chi connectivity index (χ1v) is 11.5. The van der Waals surface area contributed by atoms with E-state index >= 15 is 0 Å². The van der Waals surface area contributed by atoms with E-state index in [4.69, 9.17) is 0 Å². The average Bonchev–Trinajstić information content (AvgIpc) is 3.39. The number of nitrogens with zero attached hydrogens (tertiary/aromatic N) is 3. The molecule has 0 saturated carbocycles. The lowest BCUT2D eigenvalue weighted by atomic mass is 10.2. The Morgan fingerprint density at radius 3 is 2.59 bits per heavy atom. The fourth-order valence-corrected chi connectivity index (χ4v) is 4.05. The lowest BCUT2D eigenvalue weighted by Gasteiger charge is -2.08. The molecule has 3 rings (SSSR count). The summed E-state index contributed by atoms with van der Waals surface area (Å²) in [5.41, 5.74) is 2.40. The van der Waals surface area contributed by atoms with Crippen LogP contribution in [0.1, 0.15) is 38.3 Å². The molecule has 0 fully saturated rings. The molecule has 1 aromatic carbocycles. The van der Waals surface area contributed by atoms with Crippen LogP contribution in [0.3, 0.4) is 0 Å². The molecule has 29 heavy (non-hydrogen) atoms. The van der Waals surface area contributed by atoms with Crippen molar-refractivity contribution in [1.29, 1.82) is 0 Å². The highest BCUT2D eigenvalue weighted by molar-refractivity contribution is 7.97. The Morgan fingerprint density at radius 1 is 1.14 bits per heavy atom. The maximum Gasteiger partial charge on any atom is 0.273 e. The summed E-state index contributed by atoms with van der Waals surface area (Å²) in [5.74, 6) is 0.252. The first kappa shape index (κ1) is 21.1. The van der Waals surface area contributed by atoms with Gasteiger partial charge in [0.25, 0.3) is 11.8 Å². The molecule has 0 aliphatic carbocycles. The first-order chi connectivity index (χ1) is 14.1. The summed E-state index contributed by atoms with van der Waals surface area (Å²) >= 11 is 3.27. The van der Waals surface area contributed by atoms with Gasteiger partial charge in [-0.15, -0.1) is 16.4 Å². The Morgan fingerprint density at radius 2 is 1.93 bits per heavy atom. The number of amides is 2. The van der Waals surface area contributed by atoms with Gasteiger partial charge in [0.2, 0.25) is 0 Å². The van der Waals surface area contributed by atoms with Crippen LogP contribution in [-0.2, 0) is 12.2 Å². The van der Waals surface area contributed by atoms with E-state index in [-0.39, 0.29) is 11.8 Å². The number of hydrogen-bond donors (Lipinski definition) is 2. The predicted octanol–water partition coefficient (Wildman–Crippen LogP) is 2.91. The number of carbonyl (C=O) groups excluding carboxylic acids is 2. The van der Waals surface area contributed by atoms with Crippen molar-refractivity contribution in [1.82, 2.24) is 25.6 Å². The van der Waals surface area contributed by atoms with Crippen LogP contribution in [0.4, 0.5) is 0 Å². The van der Waals surface area contributed by atoms with Crippen molar-refractivity contribution in [3.05, 3.63) is 63.6 Å². The molecule has 2 N–H and O–H groups in total. The average molecular weight is 430 g/mol. The molecule has 0 radical (unpaired) electrons. The summed E-state index contributed by atoms with van der Waals surface area (Å²) in [6.07, 6.45) is 2.75.